The van der Waals surface area contributed by atoms with Crippen molar-refractivity contribution >= 4 is 27.5 Å². The van der Waals surface area contributed by atoms with Crippen molar-refractivity contribution in [1.29, 1.82) is 0 Å². The first-order chi connectivity index (χ1) is 10.3. The molecule has 7 heteroatoms. The Morgan fingerprint density at radius 3 is 2.36 bits per heavy atom. The second-order valence-electron chi connectivity index (χ2n) is 4.79. The number of primary amides is 1. The SMILES string of the molecule is CC(NS(=O)(=O)c1ccc(C(N)=O)cc1)c1cccc(Cl)c1. The highest BCUT2D eigenvalue weighted by atomic mass is 35.5. The quantitative estimate of drug-likeness (QED) is 0.877. The molecule has 5 nitrogen and oxygen atoms in total. The summed E-state index contributed by atoms with van der Waals surface area (Å²) in [5.41, 5.74) is 6.13. The summed E-state index contributed by atoms with van der Waals surface area (Å²) in [6.45, 7) is 1.72. The lowest BCUT2D eigenvalue weighted by Crippen LogP contribution is -2.27. The monoisotopic (exact) mass is 338 g/mol. The molecule has 2 aromatic carbocycles. The van der Waals surface area contributed by atoms with Gasteiger partial charge in [-0.25, -0.2) is 13.1 Å². The number of nitrogens with one attached hydrogen (secondary N) is 1. The lowest BCUT2D eigenvalue weighted by molar-refractivity contribution is 0.1000. The van der Waals surface area contributed by atoms with Crippen LogP contribution in [0.15, 0.2) is 53.4 Å². The number of rotatable bonds is 5. The maximum atomic E-state index is 12.3. The van der Waals surface area contributed by atoms with Gasteiger partial charge in [0.05, 0.1) is 4.90 Å². The van der Waals surface area contributed by atoms with Crippen molar-refractivity contribution in [1.82, 2.24) is 4.72 Å². The number of carbonyl (C=O) groups excluding carboxylic acids is 1. The largest absolute Gasteiger partial charge is 0.366 e. The van der Waals surface area contributed by atoms with Crippen LogP contribution >= 0.6 is 11.6 Å². The Bertz CT molecular complexity index is 789. The molecule has 116 valence electrons. The van der Waals surface area contributed by atoms with Gasteiger partial charge in [-0.2, -0.15) is 0 Å². The van der Waals surface area contributed by atoms with E-state index in [1.165, 1.54) is 24.3 Å². The summed E-state index contributed by atoms with van der Waals surface area (Å²) in [6.07, 6.45) is 0. The Kier molecular flexibility index (Phi) is 4.85. The van der Waals surface area contributed by atoms with Gasteiger partial charge in [0.25, 0.3) is 0 Å². The summed E-state index contributed by atoms with van der Waals surface area (Å²) in [7, 11) is -3.71. The van der Waals surface area contributed by atoms with Gasteiger partial charge < -0.3 is 5.73 Å². The second kappa shape index (κ2) is 6.48. The van der Waals surface area contributed by atoms with Crippen molar-refractivity contribution < 1.29 is 13.2 Å². The molecule has 22 heavy (non-hydrogen) atoms. The first kappa shape index (κ1) is 16.5. The number of nitrogens with two attached hydrogens (primary N) is 1. The van der Waals surface area contributed by atoms with Crippen LogP contribution in [0.4, 0.5) is 0 Å². The molecule has 0 aliphatic heterocycles. The van der Waals surface area contributed by atoms with Gasteiger partial charge in [-0.05, 0) is 48.9 Å². The van der Waals surface area contributed by atoms with Crippen molar-refractivity contribution in [3.8, 4) is 0 Å². The van der Waals surface area contributed by atoms with Crippen LogP contribution in [0.5, 0.6) is 0 Å². The van der Waals surface area contributed by atoms with E-state index in [0.717, 1.165) is 5.56 Å². The molecule has 0 radical (unpaired) electrons. The van der Waals surface area contributed by atoms with Gasteiger partial charge in [-0.3, -0.25) is 4.79 Å². The molecule has 2 aromatic rings. The van der Waals surface area contributed by atoms with Crippen molar-refractivity contribution in [3.05, 3.63) is 64.7 Å². The Morgan fingerprint density at radius 2 is 1.82 bits per heavy atom. The molecule has 0 aliphatic carbocycles. The summed E-state index contributed by atoms with van der Waals surface area (Å²) in [5, 5.41) is 0.536. The lowest BCUT2D eigenvalue weighted by Gasteiger charge is -2.15. The predicted octanol–water partition coefficient (Wildman–Crippen LogP) is 2.48. The molecule has 1 unspecified atom stereocenters. The Hall–Kier alpha value is -1.89. The van der Waals surface area contributed by atoms with Crippen LogP contribution in [0.1, 0.15) is 28.9 Å². The van der Waals surface area contributed by atoms with E-state index in [0.29, 0.717) is 5.02 Å². The van der Waals surface area contributed by atoms with Crippen molar-refractivity contribution in [2.75, 3.05) is 0 Å². The van der Waals surface area contributed by atoms with E-state index in [1.54, 1.807) is 31.2 Å². The molecule has 3 N–H and O–H groups in total. The molecule has 1 amide bonds. The van der Waals surface area contributed by atoms with E-state index in [4.69, 9.17) is 17.3 Å². The first-order valence-corrected chi connectivity index (χ1v) is 8.33. The Morgan fingerprint density at radius 1 is 1.18 bits per heavy atom. The third kappa shape index (κ3) is 3.85. The minimum atomic E-state index is -3.71. The predicted molar refractivity (Wildman–Crippen MR) is 85.1 cm³/mol. The van der Waals surface area contributed by atoms with E-state index >= 15 is 0 Å². The van der Waals surface area contributed by atoms with Crippen LogP contribution in [-0.2, 0) is 10.0 Å². The van der Waals surface area contributed by atoms with E-state index in [1.807, 2.05) is 0 Å². The minimum absolute atomic E-state index is 0.0615. The highest BCUT2D eigenvalue weighted by molar-refractivity contribution is 7.89. The minimum Gasteiger partial charge on any atom is -0.366 e. The zero-order valence-corrected chi connectivity index (χ0v) is 13.4. The molecule has 0 aliphatic rings. The smallest absolute Gasteiger partial charge is 0.248 e. The molecule has 0 aromatic heterocycles. The van der Waals surface area contributed by atoms with Crippen LogP contribution in [-0.4, -0.2) is 14.3 Å². The molecular weight excluding hydrogens is 324 g/mol. The van der Waals surface area contributed by atoms with Crippen LogP contribution < -0.4 is 10.5 Å². The fraction of sp³-hybridized carbons (Fsp3) is 0.133. The standard InChI is InChI=1S/C15H15ClN2O3S/c1-10(12-3-2-4-13(16)9-12)18-22(20,21)14-7-5-11(6-8-14)15(17)19/h2-10,18H,1H3,(H2,17,19). The topological polar surface area (TPSA) is 89.3 Å². The Balaban J connectivity index is 2.21. The molecule has 0 fully saturated rings. The number of hydrogen-bond donors (Lipinski definition) is 2. The summed E-state index contributed by atoms with van der Waals surface area (Å²) in [6, 6.07) is 11.9. The lowest BCUT2D eigenvalue weighted by atomic mass is 10.1. The summed E-state index contributed by atoms with van der Waals surface area (Å²) < 4.78 is 27.2. The first-order valence-electron chi connectivity index (χ1n) is 6.47. The molecule has 0 saturated heterocycles. The van der Waals surface area contributed by atoms with Gasteiger partial charge in [0, 0.05) is 16.6 Å². The average Bonchev–Trinajstić information content (AvgIpc) is 2.47. The molecule has 0 heterocycles. The number of halogens is 1. The molecule has 0 saturated carbocycles. The molecule has 0 bridgehead atoms. The van der Waals surface area contributed by atoms with Gasteiger partial charge in [-0.1, -0.05) is 23.7 Å². The second-order valence-corrected chi connectivity index (χ2v) is 6.94. The summed E-state index contributed by atoms with van der Waals surface area (Å²) in [5.74, 6) is -0.607. The van der Waals surface area contributed by atoms with Crippen LogP contribution in [0.25, 0.3) is 0 Å². The highest BCUT2D eigenvalue weighted by Crippen LogP contribution is 2.20. The van der Waals surface area contributed by atoms with E-state index in [2.05, 4.69) is 4.72 Å². The third-order valence-electron chi connectivity index (χ3n) is 3.13. The van der Waals surface area contributed by atoms with E-state index < -0.39 is 22.0 Å². The zero-order chi connectivity index (χ0) is 16.3. The van der Waals surface area contributed by atoms with Gasteiger partial charge in [0.1, 0.15) is 0 Å². The van der Waals surface area contributed by atoms with Crippen molar-refractivity contribution in [2.24, 2.45) is 5.73 Å². The van der Waals surface area contributed by atoms with Gasteiger partial charge in [-0.15, -0.1) is 0 Å². The van der Waals surface area contributed by atoms with Crippen LogP contribution in [0.3, 0.4) is 0 Å². The van der Waals surface area contributed by atoms with Gasteiger partial charge in [0.2, 0.25) is 15.9 Å². The van der Waals surface area contributed by atoms with Crippen LogP contribution in [0.2, 0.25) is 5.02 Å². The maximum Gasteiger partial charge on any atom is 0.248 e. The van der Waals surface area contributed by atoms with E-state index in [9.17, 15) is 13.2 Å². The molecular formula is C15H15ClN2O3S. The molecule has 0 spiro atoms. The zero-order valence-electron chi connectivity index (χ0n) is 11.8. The van der Waals surface area contributed by atoms with Gasteiger partial charge in [0.15, 0.2) is 0 Å². The van der Waals surface area contributed by atoms with E-state index in [-0.39, 0.29) is 10.5 Å². The number of amides is 1. The third-order valence-corrected chi connectivity index (χ3v) is 4.92. The Labute approximate surface area is 134 Å². The number of carbonyl (C=O) groups is 1. The molecule has 1 atom stereocenters. The summed E-state index contributed by atoms with van der Waals surface area (Å²) in [4.78, 5) is 11.1. The number of benzene rings is 2. The van der Waals surface area contributed by atoms with Gasteiger partial charge >= 0.3 is 0 Å². The normalized spacial score (nSPS) is 12.8. The van der Waals surface area contributed by atoms with Crippen molar-refractivity contribution in [3.63, 3.8) is 0 Å². The van der Waals surface area contributed by atoms with Crippen LogP contribution in [0, 0.1) is 0 Å². The number of hydrogen-bond acceptors (Lipinski definition) is 3. The van der Waals surface area contributed by atoms with Crippen molar-refractivity contribution in [2.45, 2.75) is 17.9 Å². The number of sulfonamides is 1. The average molecular weight is 339 g/mol. The molecule has 2 rings (SSSR count). The summed E-state index contributed by atoms with van der Waals surface area (Å²) >= 11 is 5.90. The maximum absolute atomic E-state index is 12.3. The highest BCUT2D eigenvalue weighted by Gasteiger charge is 2.18. The fourth-order valence-electron chi connectivity index (χ4n) is 1.94. The fourth-order valence-corrected chi connectivity index (χ4v) is 3.37.